The van der Waals surface area contributed by atoms with E-state index in [9.17, 15) is 0 Å². The van der Waals surface area contributed by atoms with Crippen molar-refractivity contribution in [3.8, 4) is 11.5 Å². The Balaban J connectivity index is 2.60. The SMILES string of the molecule is CCNc1nc2c(OCC)cc(Cl)c(OCC)c2s1. The summed E-state index contributed by atoms with van der Waals surface area (Å²) in [5, 5.41) is 4.62. The molecule has 0 fully saturated rings. The van der Waals surface area contributed by atoms with E-state index in [0.717, 1.165) is 21.9 Å². The molecule has 0 saturated carbocycles. The fourth-order valence-corrected chi connectivity index (χ4v) is 3.13. The summed E-state index contributed by atoms with van der Waals surface area (Å²) in [6.45, 7) is 7.87. The van der Waals surface area contributed by atoms with Gasteiger partial charge < -0.3 is 14.8 Å². The minimum absolute atomic E-state index is 0.560. The Hall–Kier alpha value is -1.20. The van der Waals surface area contributed by atoms with Crippen molar-refractivity contribution in [3.05, 3.63) is 11.1 Å². The molecule has 19 heavy (non-hydrogen) atoms. The van der Waals surface area contributed by atoms with Gasteiger partial charge in [0.2, 0.25) is 0 Å². The van der Waals surface area contributed by atoms with Gasteiger partial charge in [-0.25, -0.2) is 4.98 Å². The molecule has 0 spiro atoms. The molecule has 2 aromatic rings. The minimum Gasteiger partial charge on any atom is -0.491 e. The lowest BCUT2D eigenvalue weighted by Crippen LogP contribution is -1.97. The summed E-state index contributed by atoms with van der Waals surface area (Å²) in [4.78, 5) is 4.55. The Morgan fingerprint density at radius 2 is 2.00 bits per heavy atom. The maximum absolute atomic E-state index is 6.26. The maximum Gasteiger partial charge on any atom is 0.184 e. The van der Waals surface area contributed by atoms with Crippen molar-refractivity contribution in [1.29, 1.82) is 0 Å². The largest absolute Gasteiger partial charge is 0.491 e. The number of ether oxygens (including phenoxy) is 2. The number of aromatic nitrogens is 1. The van der Waals surface area contributed by atoms with Crippen molar-refractivity contribution in [1.82, 2.24) is 4.98 Å². The number of halogens is 1. The summed E-state index contributed by atoms with van der Waals surface area (Å²) in [5.41, 5.74) is 0.802. The highest BCUT2D eigenvalue weighted by Crippen LogP contribution is 2.43. The van der Waals surface area contributed by atoms with E-state index in [1.807, 2.05) is 20.8 Å². The molecule has 1 aromatic heterocycles. The van der Waals surface area contributed by atoms with Gasteiger partial charge in [0, 0.05) is 12.6 Å². The van der Waals surface area contributed by atoms with Crippen LogP contribution in [0.15, 0.2) is 6.07 Å². The quantitative estimate of drug-likeness (QED) is 0.869. The molecule has 0 amide bonds. The third kappa shape index (κ3) is 2.87. The van der Waals surface area contributed by atoms with Crippen LogP contribution in [0.25, 0.3) is 10.2 Å². The first kappa shape index (κ1) is 14.2. The second-order valence-corrected chi connectivity index (χ2v) is 5.19. The molecule has 1 aromatic carbocycles. The summed E-state index contributed by atoms with van der Waals surface area (Å²) >= 11 is 7.79. The van der Waals surface area contributed by atoms with Crippen LogP contribution in [0.1, 0.15) is 20.8 Å². The maximum atomic E-state index is 6.26. The van der Waals surface area contributed by atoms with E-state index in [0.29, 0.717) is 29.7 Å². The fourth-order valence-electron chi connectivity index (χ4n) is 1.77. The molecule has 104 valence electrons. The van der Waals surface area contributed by atoms with Crippen LogP contribution in [-0.4, -0.2) is 24.7 Å². The molecule has 0 bridgehead atoms. The first-order chi connectivity index (χ1) is 9.21. The number of fused-ring (bicyclic) bond motifs is 1. The monoisotopic (exact) mass is 300 g/mol. The minimum atomic E-state index is 0.560. The zero-order valence-corrected chi connectivity index (χ0v) is 12.8. The van der Waals surface area contributed by atoms with Gasteiger partial charge in [-0.3, -0.25) is 0 Å². The van der Waals surface area contributed by atoms with Gasteiger partial charge >= 0.3 is 0 Å². The lowest BCUT2D eigenvalue weighted by Gasteiger charge is -2.09. The Bertz CT molecular complexity index is 571. The molecule has 0 aliphatic carbocycles. The first-order valence-corrected chi connectivity index (χ1v) is 7.53. The number of nitrogens with zero attached hydrogens (tertiary/aromatic N) is 1. The zero-order valence-electron chi connectivity index (χ0n) is 11.2. The number of nitrogens with one attached hydrogen (secondary N) is 1. The predicted molar refractivity (Wildman–Crippen MR) is 81.1 cm³/mol. The lowest BCUT2D eigenvalue weighted by atomic mass is 10.3. The molecule has 1 heterocycles. The fraction of sp³-hybridized carbons (Fsp3) is 0.462. The van der Waals surface area contributed by atoms with Crippen molar-refractivity contribution in [2.24, 2.45) is 0 Å². The topological polar surface area (TPSA) is 43.4 Å². The highest BCUT2D eigenvalue weighted by molar-refractivity contribution is 7.22. The molecule has 0 aliphatic heterocycles. The summed E-state index contributed by atoms with van der Waals surface area (Å²) in [7, 11) is 0. The molecule has 2 rings (SSSR count). The van der Waals surface area contributed by atoms with Gasteiger partial charge in [0.1, 0.15) is 16.0 Å². The second-order valence-electron chi connectivity index (χ2n) is 3.78. The van der Waals surface area contributed by atoms with Gasteiger partial charge in [-0.2, -0.15) is 0 Å². The Labute approximate surface area is 121 Å². The van der Waals surface area contributed by atoms with Crippen molar-refractivity contribution >= 4 is 38.3 Å². The van der Waals surface area contributed by atoms with Crippen LogP contribution < -0.4 is 14.8 Å². The van der Waals surface area contributed by atoms with Gasteiger partial charge in [-0.15, -0.1) is 0 Å². The van der Waals surface area contributed by atoms with Crippen LogP contribution in [-0.2, 0) is 0 Å². The number of hydrogen-bond acceptors (Lipinski definition) is 5. The summed E-state index contributed by atoms with van der Waals surface area (Å²) in [5.74, 6) is 1.38. The van der Waals surface area contributed by atoms with Crippen molar-refractivity contribution in [3.63, 3.8) is 0 Å². The highest BCUT2D eigenvalue weighted by Gasteiger charge is 2.17. The van der Waals surface area contributed by atoms with E-state index in [1.165, 1.54) is 11.3 Å². The van der Waals surface area contributed by atoms with E-state index in [2.05, 4.69) is 10.3 Å². The average molecular weight is 301 g/mol. The van der Waals surface area contributed by atoms with Gasteiger partial charge in [-0.05, 0) is 20.8 Å². The molecule has 4 nitrogen and oxygen atoms in total. The third-order valence-electron chi connectivity index (χ3n) is 2.46. The normalized spacial score (nSPS) is 10.7. The van der Waals surface area contributed by atoms with Crippen LogP contribution in [0.5, 0.6) is 11.5 Å². The highest BCUT2D eigenvalue weighted by atomic mass is 35.5. The molecule has 6 heteroatoms. The lowest BCUT2D eigenvalue weighted by molar-refractivity contribution is 0.337. The Morgan fingerprint density at radius 3 is 2.63 bits per heavy atom. The molecule has 1 N–H and O–H groups in total. The van der Waals surface area contributed by atoms with Crippen LogP contribution in [0.2, 0.25) is 5.02 Å². The molecule has 0 saturated heterocycles. The average Bonchev–Trinajstić information content (AvgIpc) is 2.79. The van der Waals surface area contributed by atoms with Crippen molar-refractivity contribution in [2.75, 3.05) is 25.1 Å². The summed E-state index contributed by atoms with van der Waals surface area (Å²) in [6, 6.07) is 1.77. The number of thiazole rings is 1. The zero-order chi connectivity index (χ0) is 13.8. The van der Waals surface area contributed by atoms with Gasteiger partial charge in [0.15, 0.2) is 10.9 Å². The number of hydrogen-bond donors (Lipinski definition) is 1. The van der Waals surface area contributed by atoms with Gasteiger partial charge in [0.25, 0.3) is 0 Å². The van der Waals surface area contributed by atoms with E-state index in [1.54, 1.807) is 6.07 Å². The summed E-state index contributed by atoms with van der Waals surface area (Å²) in [6.07, 6.45) is 0. The molecule has 0 radical (unpaired) electrons. The van der Waals surface area contributed by atoms with Gasteiger partial charge in [0.05, 0.1) is 18.2 Å². The van der Waals surface area contributed by atoms with E-state index in [4.69, 9.17) is 21.1 Å². The van der Waals surface area contributed by atoms with Crippen molar-refractivity contribution < 1.29 is 9.47 Å². The predicted octanol–water partition coefficient (Wildman–Crippen LogP) is 4.18. The molecule has 0 unspecified atom stereocenters. The molecule has 0 aliphatic rings. The van der Waals surface area contributed by atoms with Crippen molar-refractivity contribution in [2.45, 2.75) is 20.8 Å². The second kappa shape index (κ2) is 6.30. The van der Waals surface area contributed by atoms with E-state index >= 15 is 0 Å². The van der Waals surface area contributed by atoms with Gasteiger partial charge in [-0.1, -0.05) is 22.9 Å². The number of benzene rings is 1. The number of rotatable bonds is 6. The molecular weight excluding hydrogens is 284 g/mol. The van der Waals surface area contributed by atoms with E-state index in [-0.39, 0.29) is 0 Å². The number of anilines is 1. The van der Waals surface area contributed by atoms with Crippen LogP contribution >= 0.6 is 22.9 Å². The Morgan fingerprint density at radius 1 is 1.26 bits per heavy atom. The Kier molecular flexibility index (Phi) is 4.71. The van der Waals surface area contributed by atoms with Crippen LogP contribution in [0.3, 0.4) is 0 Å². The standard InChI is InChI=1S/C13H17ClN2O2S/c1-4-15-13-16-10-9(17-5-2)7-8(14)11(18-6-3)12(10)19-13/h7H,4-6H2,1-3H3,(H,15,16). The van der Waals surface area contributed by atoms with E-state index < -0.39 is 0 Å². The van der Waals surface area contributed by atoms with Crippen LogP contribution in [0, 0.1) is 0 Å². The third-order valence-corrected chi connectivity index (χ3v) is 3.75. The smallest absolute Gasteiger partial charge is 0.184 e. The van der Waals surface area contributed by atoms with Crippen LogP contribution in [0.4, 0.5) is 5.13 Å². The molecule has 0 atom stereocenters. The first-order valence-electron chi connectivity index (χ1n) is 6.33. The summed E-state index contributed by atoms with van der Waals surface area (Å²) < 4.78 is 12.2. The molecular formula is C13H17ClN2O2S.